The number of carbonyl (C=O) groups is 2. The Morgan fingerprint density at radius 3 is 2.53 bits per heavy atom. The van der Waals surface area contributed by atoms with E-state index in [2.05, 4.69) is 0 Å². The van der Waals surface area contributed by atoms with Crippen LogP contribution in [0.2, 0.25) is 0 Å². The number of rotatable bonds is 2. The van der Waals surface area contributed by atoms with Crippen molar-refractivity contribution >= 4 is 11.8 Å². The van der Waals surface area contributed by atoms with E-state index >= 15 is 0 Å². The molecule has 0 saturated carbocycles. The second-order valence-electron chi connectivity index (χ2n) is 5.51. The average Bonchev–Trinajstić information content (AvgIpc) is 2.74. The van der Waals surface area contributed by atoms with Crippen LogP contribution in [0.4, 0.5) is 0 Å². The van der Waals surface area contributed by atoms with E-state index in [1.807, 2.05) is 39.0 Å². The lowest BCUT2D eigenvalue weighted by atomic mass is 9.98. The van der Waals surface area contributed by atoms with E-state index < -0.39 is 0 Å². The summed E-state index contributed by atoms with van der Waals surface area (Å²) in [4.78, 5) is 25.6. The number of nitrogens with two attached hydrogens (primary N) is 1. The lowest BCUT2D eigenvalue weighted by Crippen LogP contribution is -2.32. The summed E-state index contributed by atoms with van der Waals surface area (Å²) in [6.07, 6.45) is 0. The largest absolute Gasteiger partial charge is 0.369 e. The predicted octanol–water partition coefficient (Wildman–Crippen LogP) is 1.50. The number of aryl methyl sites for hydroxylation is 2. The van der Waals surface area contributed by atoms with Gasteiger partial charge in [-0.05, 0) is 31.4 Å². The molecular weight excluding hydrogens is 240 g/mol. The molecule has 0 aliphatic carbocycles. The Kier molecular flexibility index (Phi) is 3.60. The molecule has 0 radical (unpaired) electrons. The molecule has 102 valence electrons. The molecule has 2 atom stereocenters. The fourth-order valence-electron chi connectivity index (χ4n) is 2.64. The summed E-state index contributed by atoms with van der Waals surface area (Å²) in [5, 5.41) is 0. The van der Waals surface area contributed by atoms with Gasteiger partial charge in [-0.1, -0.05) is 24.6 Å². The molecule has 1 aromatic rings. The molecule has 0 unspecified atom stereocenters. The molecule has 1 fully saturated rings. The van der Waals surface area contributed by atoms with Gasteiger partial charge in [-0.3, -0.25) is 9.59 Å². The highest BCUT2D eigenvalue weighted by Crippen LogP contribution is 2.25. The molecule has 0 bridgehead atoms. The van der Waals surface area contributed by atoms with E-state index in [1.165, 1.54) is 0 Å². The molecule has 19 heavy (non-hydrogen) atoms. The molecule has 2 rings (SSSR count). The second-order valence-corrected chi connectivity index (χ2v) is 5.51. The van der Waals surface area contributed by atoms with Crippen molar-refractivity contribution in [3.8, 4) is 0 Å². The molecule has 1 saturated heterocycles. The third-order valence-corrected chi connectivity index (χ3v) is 3.89. The first-order chi connectivity index (χ1) is 8.90. The van der Waals surface area contributed by atoms with Gasteiger partial charge in [0.1, 0.15) is 0 Å². The number of benzene rings is 1. The van der Waals surface area contributed by atoms with Crippen LogP contribution in [0.15, 0.2) is 18.2 Å². The van der Waals surface area contributed by atoms with E-state index in [-0.39, 0.29) is 23.7 Å². The summed E-state index contributed by atoms with van der Waals surface area (Å²) < 4.78 is 0. The van der Waals surface area contributed by atoms with Gasteiger partial charge in [-0.15, -0.1) is 0 Å². The number of likely N-dealkylation sites (tertiary alicyclic amines) is 1. The number of hydrogen-bond donors (Lipinski definition) is 1. The van der Waals surface area contributed by atoms with Gasteiger partial charge in [0.2, 0.25) is 5.91 Å². The molecule has 2 amide bonds. The number of hydrogen-bond acceptors (Lipinski definition) is 2. The molecule has 4 heteroatoms. The zero-order chi connectivity index (χ0) is 14.2. The van der Waals surface area contributed by atoms with Crippen LogP contribution in [0.5, 0.6) is 0 Å². The number of carbonyl (C=O) groups excluding carboxylic acids is 2. The normalized spacial score (nSPS) is 22.6. The molecule has 1 heterocycles. The van der Waals surface area contributed by atoms with E-state index in [0.717, 1.165) is 16.7 Å². The maximum atomic E-state index is 12.5. The monoisotopic (exact) mass is 260 g/mol. The van der Waals surface area contributed by atoms with Crippen LogP contribution >= 0.6 is 0 Å². The first kappa shape index (κ1) is 13.6. The zero-order valence-electron chi connectivity index (χ0n) is 11.6. The summed E-state index contributed by atoms with van der Waals surface area (Å²) in [5.41, 5.74) is 8.11. The molecule has 2 N–H and O–H groups in total. The van der Waals surface area contributed by atoms with E-state index in [0.29, 0.717) is 13.1 Å². The third-order valence-electron chi connectivity index (χ3n) is 3.89. The summed E-state index contributed by atoms with van der Waals surface area (Å²) >= 11 is 0. The predicted molar refractivity (Wildman–Crippen MR) is 73.7 cm³/mol. The molecule has 1 aliphatic heterocycles. The summed E-state index contributed by atoms with van der Waals surface area (Å²) in [5.74, 6) is -0.416. The first-order valence-electron chi connectivity index (χ1n) is 6.56. The highest BCUT2D eigenvalue weighted by molar-refractivity contribution is 5.96. The van der Waals surface area contributed by atoms with E-state index in [9.17, 15) is 9.59 Å². The average molecular weight is 260 g/mol. The van der Waals surface area contributed by atoms with Crippen molar-refractivity contribution in [2.24, 2.45) is 17.6 Å². The Morgan fingerprint density at radius 2 is 1.95 bits per heavy atom. The van der Waals surface area contributed by atoms with E-state index in [4.69, 9.17) is 5.73 Å². The Bertz CT molecular complexity index is 525. The Hall–Kier alpha value is -1.84. The summed E-state index contributed by atoms with van der Waals surface area (Å²) in [6.45, 7) is 6.89. The van der Waals surface area contributed by atoms with Crippen LogP contribution < -0.4 is 5.73 Å². The summed E-state index contributed by atoms with van der Waals surface area (Å²) in [6, 6.07) is 5.85. The van der Waals surface area contributed by atoms with E-state index in [1.54, 1.807) is 4.90 Å². The minimum Gasteiger partial charge on any atom is -0.369 e. The lowest BCUT2D eigenvalue weighted by Gasteiger charge is -2.17. The zero-order valence-corrected chi connectivity index (χ0v) is 11.6. The van der Waals surface area contributed by atoms with Crippen LogP contribution in [-0.4, -0.2) is 29.8 Å². The van der Waals surface area contributed by atoms with Gasteiger partial charge in [0.15, 0.2) is 0 Å². The lowest BCUT2D eigenvalue weighted by molar-refractivity contribution is -0.122. The van der Waals surface area contributed by atoms with Crippen LogP contribution in [-0.2, 0) is 4.79 Å². The number of nitrogens with zero attached hydrogens (tertiary/aromatic N) is 1. The van der Waals surface area contributed by atoms with Gasteiger partial charge in [0, 0.05) is 18.7 Å². The van der Waals surface area contributed by atoms with Crippen molar-refractivity contribution < 1.29 is 9.59 Å². The van der Waals surface area contributed by atoms with Crippen molar-refractivity contribution in [3.63, 3.8) is 0 Å². The highest BCUT2D eigenvalue weighted by Gasteiger charge is 2.36. The second kappa shape index (κ2) is 5.03. The molecule has 1 aromatic carbocycles. The van der Waals surface area contributed by atoms with Crippen LogP contribution in [0.25, 0.3) is 0 Å². The SMILES string of the molecule is Cc1ccc(C)c(C(=O)N2C[C@@H](C)[C@H](C(N)=O)C2)c1. The third kappa shape index (κ3) is 2.62. The Balaban J connectivity index is 2.22. The number of primary amides is 1. The smallest absolute Gasteiger partial charge is 0.254 e. The van der Waals surface area contributed by atoms with Crippen molar-refractivity contribution in [1.82, 2.24) is 4.90 Å². The molecule has 0 aromatic heterocycles. The van der Waals surface area contributed by atoms with Crippen molar-refractivity contribution in [1.29, 1.82) is 0 Å². The minimum atomic E-state index is -0.316. The fraction of sp³-hybridized carbons (Fsp3) is 0.467. The van der Waals surface area contributed by atoms with Gasteiger partial charge in [0.25, 0.3) is 5.91 Å². The van der Waals surface area contributed by atoms with Crippen LogP contribution in [0, 0.1) is 25.7 Å². The Labute approximate surface area is 113 Å². The maximum Gasteiger partial charge on any atom is 0.254 e. The van der Waals surface area contributed by atoms with Gasteiger partial charge in [-0.25, -0.2) is 0 Å². The van der Waals surface area contributed by atoms with Crippen molar-refractivity contribution in [2.75, 3.05) is 13.1 Å². The molecule has 1 aliphatic rings. The first-order valence-corrected chi connectivity index (χ1v) is 6.56. The minimum absolute atomic E-state index is 0.00296. The topological polar surface area (TPSA) is 63.4 Å². The molecule has 0 spiro atoms. The van der Waals surface area contributed by atoms with Gasteiger partial charge >= 0.3 is 0 Å². The van der Waals surface area contributed by atoms with Crippen molar-refractivity contribution in [2.45, 2.75) is 20.8 Å². The van der Waals surface area contributed by atoms with Gasteiger partial charge < -0.3 is 10.6 Å². The fourth-order valence-corrected chi connectivity index (χ4v) is 2.64. The summed E-state index contributed by atoms with van der Waals surface area (Å²) in [7, 11) is 0. The Morgan fingerprint density at radius 1 is 1.26 bits per heavy atom. The number of amides is 2. The molecular formula is C15H20N2O2. The van der Waals surface area contributed by atoms with Gasteiger partial charge in [0.05, 0.1) is 5.92 Å². The van der Waals surface area contributed by atoms with Crippen LogP contribution in [0.1, 0.15) is 28.4 Å². The quantitative estimate of drug-likeness (QED) is 0.875. The van der Waals surface area contributed by atoms with Gasteiger partial charge in [-0.2, -0.15) is 0 Å². The van der Waals surface area contributed by atoms with Crippen molar-refractivity contribution in [3.05, 3.63) is 34.9 Å². The highest BCUT2D eigenvalue weighted by atomic mass is 16.2. The standard InChI is InChI=1S/C15H20N2O2/c1-9-4-5-10(2)12(6-9)15(19)17-7-11(3)13(8-17)14(16)18/h4-6,11,13H,7-8H2,1-3H3,(H2,16,18)/t11-,13-/m1/s1. The molecule has 4 nitrogen and oxygen atoms in total. The van der Waals surface area contributed by atoms with Crippen LogP contribution in [0.3, 0.4) is 0 Å². The maximum absolute atomic E-state index is 12.5.